The summed E-state index contributed by atoms with van der Waals surface area (Å²) in [7, 11) is 0. The number of carbonyl (C=O) groups excluding carboxylic acids is 2. The van der Waals surface area contributed by atoms with Crippen LogP contribution in [-0.4, -0.2) is 27.7 Å². The van der Waals surface area contributed by atoms with E-state index in [0.717, 1.165) is 5.76 Å². The van der Waals surface area contributed by atoms with Crippen LogP contribution < -0.4 is 0 Å². The van der Waals surface area contributed by atoms with Crippen LogP contribution in [0.3, 0.4) is 0 Å². The van der Waals surface area contributed by atoms with E-state index >= 15 is 0 Å². The highest BCUT2D eigenvalue weighted by atomic mass is 32.2. The normalized spacial score (nSPS) is 20.4. The van der Waals surface area contributed by atoms with E-state index in [-0.39, 0.29) is 16.3 Å². The fourth-order valence-electron chi connectivity index (χ4n) is 1.79. The molecule has 0 saturated carbocycles. The fraction of sp³-hybridized carbons (Fsp3) is 0.455. The maximum Gasteiger partial charge on any atom is 0.224 e. The molecule has 2 heterocycles. The van der Waals surface area contributed by atoms with Crippen LogP contribution >= 0.6 is 11.8 Å². The molecule has 1 fully saturated rings. The Bertz CT molecular complexity index is 388. The number of carbonyl (C=O) groups is 2. The van der Waals surface area contributed by atoms with Crippen molar-refractivity contribution in [2.75, 3.05) is 6.54 Å². The molecule has 0 radical (unpaired) electrons. The third kappa shape index (κ3) is 2.66. The van der Waals surface area contributed by atoms with Crippen LogP contribution in [0.5, 0.6) is 0 Å². The van der Waals surface area contributed by atoms with Crippen molar-refractivity contribution in [1.29, 1.82) is 0 Å². The number of amides is 1. The van der Waals surface area contributed by atoms with Crippen molar-refractivity contribution in [2.24, 2.45) is 0 Å². The van der Waals surface area contributed by atoms with Crippen molar-refractivity contribution < 1.29 is 14.0 Å². The van der Waals surface area contributed by atoms with E-state index in [1.54, 1.807) is 17.2 Å². The summed E-state index contributed by atoms with van der Waals surface area (Å²) in [5, 5.41) is 0.164. The third-order valence-electron chi connectivity index (χ3n) is 2.44. The first-order valence-corrected chi connectivity index (χ1v) is 6.00. The number of hydrogen-bond donors (Lipinski definition) is 0. The highest BCUT2D eigenvalue weighted by Crippen LogP contribution is 2.25. The summed E-state index contributed by atoms with van der Waals surface area (Å²) in [5.41, 5.74) is 0. The van der Waals surface area contributed by atoms with Gasteiger partial charge in [0.15, 0.2) is 5.12 Å². The molecule has 16 heavy (non-hydrogen) atoms. The molecule has 2 rings (SSSR count). The summed E-state index contributed by atoms with van der Waals surface area (Å²) < 4.78 is 5.19. The monoisotopic (exact) mass is 239 g/mol. The lowest BCUT2D eigenvalue weighted by molar-refractivity contribution is -0.128. The zero-order valence-corrected chi connectivity index (χ0v) is 9.83. The van der Waals surface area contributed by atoms with Gasteiger partial charge in [-0.05, 0) is 12.1 Å². The minimum absolute atomic E-state index is 0.0673. The molecule has 0 aliphatic carbocycles. The SMILES string of the molecule is CC(=O)SC1CC(=O)N(Cc2ccco2)C1. The van der Waals surface area contributed by atoms with Crippen molar-refractivity contribution >= 4 is 22.8 Å². The number of hydrogen-bond acceptors (Lipinski definition) is 4. The molecule has 0 spiro atoms. The smallest absolute Gasteiger partial charge is 0.224 e. The second kappa shape index (κ2) is 4.74. The van der Waals surface area contributed by atoms with Gasteiger partial charge in [0.1, 0.15) is 5.76 Å². The summed E-state index contributed by atoms with van der Waals surface area (Å²) in [4.78, 5) is 24.3. The molecule has 1 aromatic rings. The number of nitrogens with zero attached hydrogens (tertiary/aromatic N) is 1. The number of rotatable bonds is 3. The van der Waals surface area contributed by atoms with Crippen molar-refractivity contribution in [1.82, 2.24) is 4.90 Å². The molecular formula is C11H13NO3S. The predicted molar refractivity (Wildman–Crippen MR) is 60.8 cm³/mol. The van der Waals surface area contributed by atoms with Crippen molar-refractivity contribution in [3.63, 3.8) is 0 Å². The van der Waals surface area contributed by atoms with E-state index in [2.05, 4.69) is 0 Å². The quantitative estimate of drug-likeness (QED) is 0.805. The maximum absolute atomic E-state index is 11.7. The Hall–Kier alpha value is -1.23. The molecule has 1 aliphatic rings. The summed E-state index contributed by atoms with van der Waals surface area (Å²) in [6, 6.07) is 3.65. The Morgan fingerprint density at radius 1 is 1.69 bits per heavy atom. The van der Waals surface area contributed by atoms with Crippen LogP contribution in [0.2, 0.25) is 0 Å². The summed E-state index contributed by atoms with van der Waals surface area (Å²) in [6.45, 7) is 2.66. The minimum atomic E-state index is 0.0673. The third-order valence-corrected chi connectivity index (χ3v) is 3.42. The molecule has 0 bridgehead atoms. The predicted octanol–water partition coefficient (Wildman–Crippen LogP) is 1.66. The van der Waals surface area contributed by atoms with Gasteiger partial charge in [0.25, 0.3) is 0 Å². The van der Waals surface area contributed by atoms with Crippen LogP contribution in [0.15, 0.2) is 22.8 Å². The molecule has 86 valence electrons. The van der Waals surface area contributed by atoms with Crippen molar-refractivity contribution in [3.05, 3.63) is 24.2 Å². The Labute approximate surface area is 98.0 Å². The van der Waals surface area contributed by atoms with Crippen LogP contribution in [0.1, 0.15) is 19.1 Å². The largest absolute Gasteiger partial charge is 0.467 e. The van der Waals surface area contributed by atoms with Gasteiger partial charge in [-0.15, -0.1) is 0 Å². The Morgan fingerprint density at radius 2 is 2.50 bits per heavy atom. The molecule has 1 amide bonds. The minimum Gasteiger partial charge on any atom is -0.467 e. The number of furan rings is 1. The molecule has 1 aromatic heterocycles. The van der Waals surface area contributed by atoms with Gasteiger partial charge in [-0.2, -0.15) is 0 Å². The van der Waals surface area contributed by atoms with E-state index in [0.29, 0.717) is 19.5 Å². The average molecular weight is 239 g/mol. The second-order valence-corrected chi connectivity index (χ2v) is 5.27. The van der Waals surface area contributed by atoms with E-state index < -0.39 is 0 Å². The van der Waals surface area contributed by atoms with Gasteiger partial charge in [0.2, 0.25) is 5.91 Å². The average Bonchev–Trinajstić information content (AvgIpc) is 2.77. The lowest BCUT2D eigenvalue weighted by atomic mass is 10.4. The summed E-state index contributed by atoms with van der Waals surface area (Å²) >= 11 is 1.25. The van der Waals surface area contributed by atoms with Gasteiger partial charge < -0.3 is 9.32 Å². The zero-order valence-electron chi connectivity index (χ0n) is 9.01. The lowest BCUT2D eigenvalue weighted by Gasteiger charge is -2.14. The number of likely N-dealkylation sites (tertiary alicyclic amines) is 1. The first-order valence-electron chi connectivity index (χ1n) is 5.12. The Kier molecular flexibility index (Phi) is 3.33. The van der Waals surface area contributed by atoms with Crippen molar-refractivity contribution in [2.45, 2.75) is 25.1 Å². The standard InChI is InChI=1S/C11H13NO3S/c1-8(13)16-10-5-11(14)12(7-10)6-9-3-2-4-15-9/h2-4,10H,5-7H2,1H3. The summed E-state index contributed by atoms with van der Waals surface area (Å²) in [5.74, 6) is 0.872. The molecular weight excluding hydrogens is 226 g/mol. The van der Waals surface area contributed by atoms with E-state index in [9.17, 15) is 9.59 Å². The second-order valence-electron chi connectivity index (χ2n) is 3.79. The molecule has 4 nitrogen and oxygen atoms in total. The number of thioether (sulfide) groups is 1. The van der Waals surface area contributed by atoms with E-state index in [1.165, 1.54) is 18.7 Å². The van der Waals surface area contributed by atoms with Gasteiger partial charge in [-0.1, -0.05) is 11.8 Å². The molecule has 1 unspecified atom stereocenters. The van der Waals surface area contributed by atoms with Gasteiger partial charge >= 0.3 is 0 Å². The molecule has 0 N–H and O–H groups in total. The van der Waals surface area contributed by atoms with E-state index in [1.807, 2.05) is 6.07 Å². The first-order chi connectivity index (χ1) is 7.65. The Morgan fingerprint density at radius 3 is 3.12 bits per heavy atom. The van der Waals surface area contributed by atoms with Crippen LogP contribution in [-0.2, 0) is 16.1 Å². The molecule has 0 aromatic carbocycles. The topological polar surface area (TPSA) is 50.5 Å². The van der Waals surface area contributed by atoms with Gasteiger partial charge in [-0.3, -0.25) is 9.59 Å². The molecule has 5 heteroatoms. The van der Waals surface area contributed by atoms with Gasteiger partial charge in [0, 0.05) is 25.1 Å². The van der Waals surface area contributed by atoms with E-state index in [4.69, 9.17) is 4.42 Å². The highest BCUT2D eigenvalue weighted by Gasteiger charge is 2.31. The Balaban J connectivity index is 1.92. The molecule has 1 aliphatic heterocycles. The van der Waals surface area contributed by atoms with Crippen LogP contribution in [0.25, 0.3) is 0 Å². The van der Waals surface area contributed by atoms with Crippen molar-refractivity contribution in [3.8, 4) is 0 Å². The van der Waals surface area contributed by atoms with Gasteiger partial charge in [-0.25, -0.2) is 0 Å². The van der Waals surface area contributed by atoms with Crippen LogP contribution in [0.4, 0.5) is 0 Å². The highest BCUT2D eigenvalue weighted by molar-refractivity contribution is 8.14. The lowest BCUT2D eigenvalue weighted by Crippen LogP contribution is -2.24. The molecule has 1 atom stereocenters. The summed E-state index contributed by atoms with van der Waals surface area (Å²) in [6.07, 6.45) is 2.04. The zero-order chi connectivity index (χ0) is 11.5. The van der Waals surface area contributed by atoms with Gasteiger partial charge in [0.05, 0.1) is 12.8 Å². The maximum atomic E-state index is 11.7. The molecule has 1 saturated heterocycles. The fourth-order valence-corrected chi connectivity index (χ4v) is 2.74. The van der Waals surface area contributed by atoms with Crippen LogP contribution in [0, 0.1) is 0 Å². The first kappa shape index (κ1) is 11.3.